The minimum atomic E-state index is -0.286. The van der Waals surface area contributed by atoms with Crippen molar-refractivity contribution in [3.05, 3.63) is 51.8 Å². The second-order valence-corrected chi connectivity index (χ2v) is 5.97. The van der Waals surface area contributed by atoms with E-state index < -0.39 is 0 Å². The van der Waals surface area contributed by atoms with Crippen LogP contribution < -0.4 is 5.32 Å². The van der Waals surface area contributed by atoms with Gasteiger partial charge in [0.05, 0.1) is 11.6 Å². The number of aryl methyl sites for hydroxylation is 2. The Hall–Kier alpha value is -1.85. The van der Waals surface area contributed by atoms with Crippen molar-refractivity contribution in [1.29, 1.82) is 0 Å². The van der Waals surface area contributed by atoms with Gasteiger partial charge in [0.25, 0.3) is 0 Å². The Morgan fingerprint density at radius 1 is 1.39 bits per heavy atom. The number of carbonyl (C=O) groups excluding carboxylic acids is 1. The van der Waals surface area contributed by atoms with E-state index in [0.29, 0.717) is 11.6 Å². The number of rotatable bonds is 6. The molecule has 1 aromatic heterocycles. The molecule has 0 unspecified atom stereocenters. The highest BCUT2D eigenvalue weighted by molar-refractivity contribution is 6.31. The van der Waals surface area contributed by atoms with Crippen LogP contribution in [-0.2, 0) is 9.53 Å². The highest BCUT2D eigenvalue weighted by Gasteiger charge is 2.22. The van der Waals surface area contributed by atoms with Crippen LogP contribution in [0.15, 0.2) is 24.3 Å². The van der Waals surface area contributed by atoms with Crippen LogP contribution in [0.2, 0.25) is 5.02 Å². The number of aromatic nitrogens is 2. The topological polar surface area (TPSA) is 67.0 Å². The third-order valence-electron chi connectivity index (χ3n) is 4.01. The maximum atomic E-state index is 12.4. The molecule has 1 amide bonds. The number of carbonyl (C=O) groups is 1. The lowest BCUT2D eigenvalue weighted by Crippen LogP contribution is -2.32. The molecule has 0 bridgehead atoms. The number of aromatic amines is 1. The van der Waals surface area contributed by atoms with E-state index in [1.165, 1.54) is 0 Å². The summed E-state index contributed by atoms with van der Waals surface area (Å²) in [6.07, 6.45) is -0.286. The number of nitrogens with zero attached hydrogens (tertiary/aromatic N) is 1. The van der Waals surface area contributed by atoms with Crippen LogP contribution in [0.1, 0.15) is 41.5 Å². The van der Waals surface area contributed by atoms with Crippen LogP contribution in [0, 0.1) is 13.8 Å². The molecule has 5 nitrogen and oxygen atoms in total. The first kappa shape index (κ1) is 17.5. The minimum Gasteiger partial charge on any atom is -0.375 e. The third-order valence-corrected chi connectivity index (χ3v) is 4.35. The molecule has 2 atom stereocenters. The summed E-state index contributed by atoms with van der Waals surface area (Å²) < 4.78 is 5.47. The molecule has 0 fully saturated rings. The van der Waals surface area contributed by atoms with Crippen molar-refractivity contribution in [2.24, 2.45) is 0 Å². The molecular weight excluding hydrogens is 314 g/mol. The van der Waals surface area contributed by atoms with Gasteiger partial charge in [0.1, 0.15) is 6.10 Å². The number of methoxy groups -OCH3 is 1. The number of H-pyrrole nitrogens is 1. The molecule has 1 aromatic carbocycles. The van der Waals surface area contributed by atoms with Gasteiger partial charge in [-0.2, -0.15) is 5.10 Å². The summed E-state index contributed by atoms with van der Waals surface area (Å²) in [5.74, 6) is -0.343. The minimum absolute atomic E-state index is 0.0632. The second kappa shape index (κ2) is 7.62. The van der Waals surface area contributed by atoms with Gasteiger partial charge < -0.3 is 10.1 Å². The van der Waals surface area contributed by atoms with Crippen molar-refractivity contribution in [2.45, 2.75) is 32.8 Å². The number of hydrogen-bond donors (Lipinski definition) is 2. The lowest BCUT2D eigenvalue weighted by molar-refractivity contribution is -0.122. The first-order valence-electron chi connectivity index (χ1n) is 7.52. The second-order valence-electron chi connectivity index (χ2n) is 5.56. The molecule has 2 N–H and O–H groups in total. The van der Waals surface area contributed by atoms with Crippen LogP contribution in [0.3, 0.4) is 0 Å². The van der Waals surface area contributed by atoms with Crippen molar-refractivity contribution >= 4 is 17.5 Å². The number of halogens is 1. The van der Waals surface area contributed by atoms with Crippen LogP contribution in [0.25, 0.3) is 0 Å². The Morgan fingerprint density at radius 2 is 2.09 bits per heavy atom. The highest BCUT2D eigenvalue weighted by atomic mass is 35.5. The molecule has 0 aliphatic heterocycles. The van der Waals surface area contributed by atoms with Gasteiger partial charge in [0.2, 0.25) is 5.91 Å². The lowest BCUT2D eigenvalue weighted by Gasteiger charge is -2.19. The maximum absolute atomic E-state index is 12.4. The summed E-state index contributed by atoms with van der Waals surface area (Å²) in [6.45, 7) is 6.04. The number of amides is 1. The molecule has 124 valence electrons. The number of benzene rings is 1. The van der Waals surface area contributed by atoms with Gasteiger partial charge in [0, 0.05) is 35.5 Å². The fourth-order valence-corrected chi connectivity index (χ4v) is 2.99. The van der Waals surface area contributed by atoms with Crippen molar-refractivity contribution in [1.82, 2.24) is 15.5 Å². The van der Waals surface area contributed by atoms with Crippen LogP contribution in [-0.4, -0.2) is 29.8 Å². The molecule has 0 saturated heterocycles. The smallest absolute Gasteiger partial charge is 0.227 e. The molecule has 0 aliphatic carbocycles. The van der Waals surface area contributed by atoms with Gasteiger partial charge in [-0.3, -0.25) is 9.89 Å². The lowest BCUT2D eigenvalue weighted by atomic mass is 9.98. The maximum Gasteiger partial charge on any atom is 0.227 e. The van der Waals surface area contributed by atoms with E-state index in [2.05, 4.69) is 15.5 Å². The Kier molecular flexibility index (Phi) is 5.80. The fourth-order valence-electron chi connectivity index (χ4n) is 2.73. The number of nitrogens with one attached hydrogen (secondary N) is 2. The molecular formula is C17H22ClN3O2. The SMILES string of the molecule is CO[C@H](CNC(=O)[C@H](C)c1c(C)n[nH]c1C)c1ccccc1Cl. The predicted molar refractivity (Wildman–Crippen MR) is 90.7 cm³/mol. The van der Waals surface area contributed by atoms with E-state index in [1.54, 1.807) is 7.11 Å². The zero-order valence-electron chi connectivity index (χ0n) is 13.8. The summed E-state index contributed by atoms with van der Waals surface area (Å²) in [4.78, 5) is 12.4. The predicted octanol–water partition coefficient (Wildman–Crippen LogP) is 3.29. The van der Waals surface area contributed by atoms with E-state index in [4.69, 9.17) is 16.3 Å². The molecule has 0 spiro atoms. The van der Waals surface area contributed by atoms with Crippen molar-refractivity contribution in [2.75, 3.05) is 13.7 Å². The summed E-state index contributed by atoms with van der Waals surface area (Å²) in [7, 11) is 1.61. The Labute approximate surface area is 141 Å². The monoisotopic (exact) mass is 335 g/mol. The summed E-state index contributed by atoms with van der Waals surface area (Å²) in [6, 6.07) is 7.47. The van der Waals surface area contributed by atoms with Crippen molar-refractivity contribution < 1.29 is 9.53 Å². The van der Waals surface area contributed by atoms with Gasteiger partial charge in [-0.15, -0.1) is 0 Å². The highest BCUT2D eigenvalue weighted by Crippen LogP contribution is 2.25. The quantitative estimate of drug-likeness (QED) is 0.851. The zero-order valence-corrected chi connectivity index (χ0v) is 14.6. The van der Waals surface area contributed by atoms with E-state index in [9.17, 15) is 4.79 Å². The first-order chi connectivity index (χ1) is 11.0. The van der Waals surface area contributed by atoms with E-state index >= 15 is 0 Å². The molecule has 0 aliphatic rings. The van der Waals surface area contributed by atoms with Gasteiger partial charge >= 0.3 is 0 Å². The summed E-state index contributed by atoms with van der Waals surface area (Å²) in [5, 5.41) is 10.6. The summed E-state index contributed by atoms with van der Waals surface area (Å²) >= 11 is 6.19. The van der Waals surface area contributed by atoms with Gasteiger partial charge in [-0.25, -0.2) is 0 Å². The molecule has 2 rings (SSSR count). The zero-order chi connectivity index (χ0) is 17.0. The average Bonchev–Trinajstić information content (AvgIpc) is 2.87. The van der Waals surface area contributed by atoms with E-state index in [-0.39, 0.29) is 17.9 Å². The molecule has 0 radical (unpaired) electrons. The summed E-state index contributed by atoms with van der Waals surface area (Å²) in [5.41, 5.74) is 3.56. The molecule has 1 heterocycles. The molecule has 2 aromatic rings. The fraction of sp³-hybridized carbons (Fsp3) is 0.412. The molecule has 0 saturated carbocycles. The number of ether oxygens (including phenoxy) is 1. The Bertz CT molecular complexity index is 665. The third kappa shape index (κ3) is 3.92. The van der Waals surface area contributed by atoms with Crippen LogP contribution in [0.4, 0.5) is 0 Å². The van der Waals surface area contributed by atoms with Gasteiger partial charge in [0.15, 0.2) is 0 Å². The average molecular weight is 336 g/mol. The first-order valence-corrected chi connectivity index (χ1v) is 7.89. The Morgan fingerprint density at radius 3 is 2.65 bits per heavy atom. The van der Waals surface area contributed by atoms with Crippen LogP contribution >= 0.6 is 11.6 Å². The number of hydrogen-bond acceptors (Lipinski definition) is 3. The van der Waals surface area contributed by atoms with Gasteiger partial charge in [-0.1, -0.05) is 29.8 Å². The van der Waals surface area contributed by atoms with E-state index in [1.807, 2.05) is 45.0 Å². The molecule has 6 heteroatoms. The largest absolute Gasteiger partial charge is 0.375 e. The Balaban J connectivity index is 2.04. The standard InChI is InChI=1S/C17H22ClN3O2/c1-10(16-11(2)20-21-12(16)3)17(22)19-9-15(23-4)13-7-5-6-8-14(13)18/h5-8,10,15H,9H2,1-4H3,(H,19,22)(H,20,21)/t10-,15-/m1/s1. The van der Waals surface area contributed by atoms with Crippen LogP contribution in [0.5, 0.6) is 0 Å². The van der Waals surface area contributed by atoms with Crippen molar-refractivity contribution in [3.63, 3.8) is 0 Å². The molecule has 23 heavy (non-hydrogen) atoms. The normalized spacial score (nSPS) is 13.6. The van der Waals surface area contributed by atoms with Gasteiger partial charge in [-0.05, 0) is 26.8 Å². The van der Waals surface area contributed by atoms with E-state index in [0.717, 1.165) is 22.5 Å². The van der Waals surface area contributed by atoms with Crippen molar-refractivity contribution in [3.8, 4) is 0 Å².